The molecule has 0 aromatic carbocycles. The molecule has 0 radical (unpaired) electrons. The first-order chi connectivity index (χ1) is 9.56. The Morgan fingerprint density at radius 3 is 2.85 bits per heavy atom. The maximum absolute atomic E-state index is 11.6. The number of rotatable bonds is 6. The normalized spacial score (nSPS) is 12.1. The molecule has 0 aliphatic heterocycles. The summed E-state index contributed by atoms with van der Waals surface area (Å²) in [6.45, 7) is -0.309. The van der Waals surface area contributed by atoms with Crippen LogP contribution in [0.5, 0.6) is 0 Å². The number of aliphatic carboxylic acids is 1. The molecule has 0 bridgehead atoms. The van der Waals surface area contributed by atoms with E-state index in [0.717, 1.165) is 9.88 Å². The van der Waals surface area contributed by atoms with Crippen LogP contribution in [0.1, 0.15) is 5.69 Å². The maximum Gasteiger partial charge on any atom is 0.334 e. The highest BCUT2D eigenvalue weighted by atomic mass is 32.1. The van der Waals surface area contributed by atoms with Crippen LogP contribution in [-0.2, 0) is 16.0 Å². The van der Waals surface area contributed by atoms with Crippen molar-refractivity contribution in [1.82, 2.24) is 10.3 Å². The predicted molar refractivity (Wildman–Crippen MR) is 75.8 cm³/mol. The van der Waals surface area contributed by atoms with Crippen molar-refractivity contribution < 1.29 is 19.8 Å². The first kappa shape index (κ1) is 14.6. The van der Waals surface area contributed by atoms with Crippen LogP contribution in [0.4, 0.5) is 0 Å². The summed E-state index contributed by atoms with van der Waals surface area (Å²) < 4.78 is 0. The highest BCUT2D eigenvalue weighted by molar-refractivity contribution is 7.20. The molecule has 2 aromatic rings. The van der Waals surface area contributed by atoms with Crippen molar-refractivity contribution in [2.75, 3.05) is 6.54 Å². The highest BCUT2D eigenvalue weighted by Crippen LogP contribution is 2.27. The molecule has 0 spiro atoms. The number of carbonyl (C=O) groups is 2. The number of carboxylic acids is 1. The summed E-state index contributed by atoms with van der Waals surface area (Å²) in [5.74, 6) is -1.73. The van der Waals surface area contributed by atoms with Crippen LogP contribution in [0, 0.1) is 0 Å². The van der Waals surface area contributed by atoms with Gasteiger partial charge >= 0.3 is 5.97 Å². The summed E-state index contributed by atoms with van der Waals surface area (Å²) in [5, 5.41) is 24.5. The zero-order valence-electron chi connectivity index (χ0n) is 10.3. The van der Waals surface area contributed by atoms with E-state index in [9.17, 15) is 9.59 Å². The Morgan fingerprint density at radius 2 is 2.20 bits per heavy atom. The third kappa shape index (κ3) is 3.86. The number of nitrogens with one attached hydrogen (secondary N) is 1. The van der Waals surface area contributed by atoms with E-state index in [2.05, 4.69) is 10.3 Å². The van der Waals surface area contributed by atoms with Crippen LogP contribution in [0.15, 0.2) is 22.9 Å². The van der Waals surface area contributed by atoms with Gasteiger partial charge in [-0.2, -0.15) is 0 Å². The SMILES string of the molecule is O=C(Cc1csc(-c2cccs2)n1)NC[C@H](O)C(=O)O. The minimum Gasteiger partial charge on any atom is -0.479 e. The van der Waals surface area contributed by atoms with Crippen LogP contribution in [0.3, 0.4) is 0 Å². The van der Waals surface area contributed by atoms with Crippen molar-refractivity contribution in [3.05, 3.63) is 28.6 Å². The highest BCUT2D eigenvalue weighted by Gasteiger charge is 2.15. The molecule has 2 heterocycles. The summed E-state index contributed by atoms with van der Waals surface area (Å²) in [6.07, 6.45) is -1.52. The molecular weight excluding hydrogens is 300 g/mol. The molecule has 0 unspecified atom stereocenters. The topological polar surface area (TPSA) is 99.5 Å². The molecule has 106 valence electrons. The Bertz CT molecular complexity index is 594. The molecule has 0 aliphatic rings. The first-order valence-corrected chi connectivity index (χ1v) is 7.48. The van der Waals surface area contributed by atoms with E-state index in [1.54, 1.807) is 16.7 Å². The zero-order valence-corrected chi connectivity index (χ0v) is 11.9. The lowest BCUT2D eigenvalue weighted by atomic mass is 10.3. The van der Waals surface area contributed by atoms with Gasteiger partial charge in [-0.05, 0) is 11.4 Å². The average molecular weight is 312 g/mol. The lowest BCUT2D eigenvalue weighted by Crippen LogP contribution is -2.37. The number of aromatic nitrogens is 1. The number of carbonyl (C=O) groups excluding carboxylic acids is 1. The Balaban J connectivity index is 1.87. The van der Waals surface area contributed by atoms with Gasteiger partial charge < -0.3 is 15.5 Å². The van der Waals surface area contributed by atoms with Crippen molar-refractivity contribution in [1.29, 1.82) is 0 Å². The second-order valence-corrected chi connectivity index (χ2v) is 5.76. The van der Waals surface area contributed by atoms with Crippen molar-refractivity contribution in [2.24, 2.45) is 0 Å². The second kappa shape index (κ2) is 6.60. The summed E-state index contributed by atoms with van der Waals surface area (Å²) in [5.41, 5.74) is 0.626. The number of thiazole rings is 1. The Labute approximate surface area is 122 Å². The van der Waals surface area contributed by atoms with Gasteiger partial charge in [-0.15, -0.1) is 22.7 Å². The summed E-state index contributed by atoms with van der Waals surface area (Å²) in [4.78, 5) is 27.4. The number of carboxylic acid groups (broad SMARTS) is 1. The standard InChI is InChI=1S/C12H12N2O4S2/c15-8(12(17)18)5-13-10(16)4-7-6-20-11(14-7)9-2-1-3-19-9/h1-3,6,8,15H,4-5H2,(H,13,16)(H,17,18)/t8-/m0/s1. The minimum atomic E-state index is -1.59. The largest absolute Gasteiger partial charge is 0.479 e. The molecule has 20 heavy (non-hydrogen) atoms. The van der Waals surface area contributed by atoms with Crippen LogP contribution in [0.25, 0.3) is 9.88 Å². The summed E-state index contributed by atoms with van der Waals surface area (Å²) >= 11 is 3.03. The molecule has 8 heteroatoms. The van der Waals surface area contributed by atoms with Gasteiger partial charge in [0.2, 0.25) is 5.91 Å². The molecule has 2 aromatic heterocycles. The van der Waals surface area contributed by atoms with Gasteiger partial charge in [0, 0.05) is 5.38 Å². The molecular formula is C12H12N2O4S2. The van der Waals surface area contributed by atoms with Gasteiger partial charge in [-0.1, -0.05) is 6.07 Å². The van der Waals surface area contributed by atoms with Gasteiger partial charge in [-0.3, -0.25) is 4.79 Å². The van der Waals surface area contributed by atoms with E-state index >= 15 is 0 Å². The fraction of sp³-hybridized carbons (Fsp3) is 0.250. The molecule has 0 saturated heterocycles. The summed E-state index contributed by atoms with van der Waals surface area (Å²) in [6, 6.07) is 3.89. The molecule has 1 atom stereocenters. The lowest BCUT2D eigenvalue weighted by molar-refractivity contribution is -0.146. The zero-order chi connectivity index (χ0) is 14.5. The van der Waals surface area contributed by atoms with Crippen molar-refractivity contribution in [2.45, 2.75) is 12.5 Å². The number of aliphatic hydroxyl groups excluding tert-OH is 1. The van der Waals surface area contributed by atoms with Gasteiger partial charge in [-0.25, -0.2) is 9.78 Å². The quantitative estimate of drug-likeness (QED) is 0.738. The van der Waals surface area contributed by atoms with E-state index in [1.807, 2.05) is 17.5 Å². The average Bonchev–Trinajstić information content (AvgIpc) is 3.05. The monoisotopic (exact) mass is 312 g/mol. The number of thiophene rings is 1. The van der Waals surface area contributed by atoms with E-state index in [-0.39, 0.29) is 18.9 Å². The fourth-order valence-corrected chi connectivity index (χ4v) is 3.06. The van der Waals surface area contributed by atoms with Gasteiger partial charge in [0.25, 0.3) is 0 Å². The maximum atomic E-state index is 11.6. The Morgan fingerprint density at radius 1 is 1.40 bits per heavy atom. The van der Waals surface area contributed by atoms with Gasteiger partial charge in [0.05, 0.1) is 23.5 Å². The number of amides is 1. The number of hydrogen-bond donors (Lipinski definition) is 3. The van der Waals surface area contributed by atoms with Crippen LogP contribution >= 0.6 is 22.7 Å². The van der Waals surface area contributed by atoms with E-state index < -0.39 is 12.1 Å². The number of hydrogen-bond acceptors (Lipinski definition) is 6. The van der Waals surface area contributed by atoms with Crippen molar-refractivity contribution in [3.63, 3.8) is 0 Å². The van der Waals surface area contributed by atoms with Crippen LogP contribution < -0.4 is 5.32 Å². The second-order valence-electron chi connectivity index (χ2n) is 3.96. The molecule has 6 nitrogen and oxygen atoms in total. The van der Waals surface area contributed by atoms with Crippen LogP contribution in [-0.4, -0.2) is 39.7 Å². The molecule has 0 aliphatic carbocycles. The summed E-state index contributed by atoms with van der Waals surface area (Å²) in [7, 11) is 0. The molecule has 0 fully saturated rings. The number of aliphatic hydroxyl groups is 1. The molecule has 1 amide bonds. The predicted octanol–water partition coefficient (Wildman–Crippen LogP) is 0.976. The molecule has 3 N–H and O–H groups in total. The van der Waals surface area contributed by atoms with E-state index in [1.165, 1.54) is 11.3 Å². The molecule has 2 rings (SSSR count). The smallest absolute Gasteiger partial charge is 0.334 e. The fourth-order valence-electron chi connectivity index (χ4n) is 1.43. The van der Waals surface area contributed by atoms with Crippen LogP contribution in [0.2, 0.25) is 0 Å². The first-order valence-electron chi connectivity index (χ1n) is 5.72. The van der Waals surface area contributed by atoms with Gasteiger partial charge in [0.15, 0.2) is 6.10 Å². The van der Waals surface area contributed by atoms with Gasteiger partial charge in [0.1, 0.15) is 5.01 Å². The minimum absolute atomic E-state index is 0.0637. The Kier molecular flexibility index (Phi) is 4.83. The lowest BCUT2D eigenvalue weighted by Gasteiger charge is -2.06. The number of nitrogens with zero attached hydrogens (tertiary/aromatic N) is 1. The van der Waals surface area contributed by atoms with Crippen molar-refractivity contribution >= 4 is 34.6 Å². The molecule has 0 saturated carbocycles. The third-order valence-corrected chi connectivity index (χ3v) is 4.33. The third-order valence-electron chi connectivity index (χ3n) is 2.40. The van der Waals surface area contributed by atoms with Crippen molar-refractivity contribution in [3.8, 4) is 9.88 Å². The van der Waals surface area contributed by atoms with E-state index in [4.69, 9.17) is 10.2 Å². The Hall–Kier alpha value is -1.77. The van der Waals surface area contributed by atoms with E-state index in [0.29, 0.717) is 5.69 Å².